The van der Waals surface area contributed by atoms with Crippen LogP contribution in [0.15, 0.2) is 58.5 Å². The van der Waals surface area contributed by atoms with Gasteiger partial charge in [0.1, 0.15) is 0 Å². The number of fused-ring (bicyclic) bond motifs is 1. The average molecular weight is 319 g/mol. The maximum atomic E-state index is 12.6. The molecule has 2 aromatic carbocycles. The molecule has 0 amide bonds. The smallest absolute Gasteiger partial charge is 0.225 e. The van der Waals surface area contributed by atoms with Crippen molar-refractivity contribution in [3.8, 4) is 0 Å². The van der Waals surface area contributed by atoms with Gasteiger partial charge in [-0.2, -0.15) is 0 Å². The van der Waals surface area contributed by atoms with E-state index in [2.05, 4.69) is 9.97 Å². The lowest BCUT2D eigenvalue weighted by molar-refractivity contribution is 0.591. The maximum Gasteiger partial charge on any atom is 0.225 e. The molecule has 0 atom stereocenters. The fourth-order valence-corrected chi connectivity index (χ4v) is 3.62. The van der Waals surface area contributed by atoms with Crippen LogP contribution in [0, 0.1) is 6.92 Å². The van der Waals surface area contributed by atoms with E-state index in [9.17, 15) is 8.42 Å². The molecule has 0 unspecified atom stereocenters. The SMILES string of the molecule is Cc1nc2cc(Cl)ccc2nc1S(=O)(=O)c1ccccc1. The number of aromatic nitrogens is 2. The largest absolute Gasteiger partial charge is 0.248 e. The third-order valence-corrected chi connectivity index (χ3v) is 5.09. The van der Waals surface area contributed by atoms with Crippen molar-refractivity contribution < 1.29 is 8.42 Å². The third kappa shape index (κ3) is 2.50. The summed E-state index contributed by atoms with van der Waals surface area (Å²) >= 11 is 5.91. The van der Waals surface area contributed by atoms with E-state index < -0.39 is 9.84 Å². The van der Waals surface area contributed by atoms with Crippen molar-refractivity contribution in [2.24, 2.45) is 0 Å². The van der Waals surface area contributed by atoms with Crippen LogP contribution in [0.1, 0.15) is 5.69 Å². The molecule has 6 heteroatoms. The summed E-state index contributed by atoms with van der Waals surface area (Å²) in [6.45, 7) is 1.63. The molecule has 0 radical (unpaired) electrons. The molecule has 21 heavy (non-hydrogen) atoms. The second kappa shape index (κ2) is 5.09. The van der Waals surface area contributed by atoms with Gasteiger partial charge in [0, 0.05) is 5.02 Å². The van der Waals surface area contributed by atoms with Crippen molar-refractivity contribution in [3.05, 3.63) is 59.2 Å². The predicted octanol–water partition coefficient (Wildman–Crippen LogP) is 3.42. The van der Waals surface area contributed by atoms with Gasteiger partial charge >= 0.3 is 0 Å². The highest BCUT2D eigenvalue weighted by molar-refractivity contribution is 7.91. The Kier molecular flexibility index (Phi) is 3.39. The summed E-state index contributed by atoms with van der Waals surface area (Å²) in [6, 6.07) is 13.2. The van der Waals surface area contributed by atoms with E-state index in [0.29, 0.717) is 21.7 Å². The molecule has 1 aromatic heterocycles. The summed E-state index contributed by atoms with van der Waals surface area (Å²) in [5, 5.41) is 0.512. The Bertz CT molecular complexity index is 925. The average Bonchev–Trinajstić information content (AvgIpc) is 2.47. The van der Waals surface area contributed by atoms with E-state index >= 15 is 0 Å². The Hall–Kier alpha value is -1.98. The van der Waals surface area contributed by atoms with Gasteiger partial charge in [-0.1, -0.05) is 29.8 Å². The molecular formula is C15H11ClN2O2S. The minimum Gasteiger partial charge on any atom is -0.248 e. The minimum absolute atomic E-state index is 0.0245. The maximum absolute atomic E-state index is 12.6. The predicted molar refractivity (Wildman–Crippen MR) is 81.2 cm³/mol. The molecule has 0 spiro atoms. The van der Waals surface area contributed by atoms with Gasteiger partial charge in [-0.25, -0.2) is 18.4 Å². The number of hydrogen-bond acceptors (Lipinski definition) is 4. The van der Waals surface area contributed by atoms with Crippen molar-refractivity contribution >= 4 is 32.5 Å². The van der Waals surface area contributed by atoms with Gasteiger partial charge in [-0.3, -0.25) is 0 Å². The van der Waals surface area contributed by atoms with Crippen LogP contribution in [0.3, 0.4) is 0 Å². The number of benzene rings is 2. The van der Waals surface area contributed by atoms with Gasteiger partial charge in [0.25, 0.3) is 0 Å². The Morgan fingerprint density at radius 3 is 2.38 bits per heavy atom. The highest BCUT2D eigenvalue weighted by atomic mass is 35.5. The molecule has 0 bridgehead atoms. The molecule has 0 saturated carbocycles. The van der Waals surface area contributed by atoms with E-state index in [0.717, 1.165) is 0 Å². The standard InChI is InChI=1S/C15H11ClN2O2S/c1-10-15(21(19,20)12-5-3-2-4-6-12)18-13-8-7-11(16)9-14(13)17-10/h2-9H,1H3. The van der Waals surface area contributed by atoms with E-state index in [1.165, 1.54) is 0 Å². The van der Waals surface area contributed by atoms with Crippen molar-refractivity contribution in [1.82, 2.24) is 9.97 Å². The van der Waals surface area contributed by atoms with Crippen molar-refractivity contribution in [2.75, 3.05) is 0 Å². The van der Waals surface area contributed by atoms with Crippen LogP contribution in [0.4, 0.5) is 0 Å². The minimum atomic E-state index is -3.68. The molecule has 0 fully saturated rings. The Morgan fingerprint density at radius 2 is 1.67 bits per heavy atom. The molecule has 4 nitrogen and oxygen atoms in total. The highest BCUT2D eigenvalue weighted by Gasteiger charge is 2.22. The van der Waals surface area contributed by atoms with E-state index in [4.69, 9.17) is 11.6 Å². The number of aryl methyl sites for hydroxylation is 1. The zero-order valence-electron chi connectivity index (χ0n) is 11.1. The van der Waals surface area contributed by atoms with Gasteiger partial charge in [-0.15, -0.1) is 0 Å². The summed E-state index contributed by atoms with van der Waals surface area (Å²) in [4.78, 5) is 8.76. The second-order valence-corrected chi connectivity index (χ2v) is 6.87. The number of rotatable bonds is 2. The Balaban J connectivity index is 2.26. The van der Waals surface area contributed by atoms with Crippen LogP contribution < -0.4 is 0 Å². The first kappa shape index (κ1) is 14.0. The molecule has 106 valence electrons. The van der Waals surface area contributed by atoms with Crippen LogP contribution in [0.2, 0.25) is 5.02 Å². The number of nitrogens with zero attached hydrogens (tertiary/aromatic N) is 2. The molecule has 0 aliphatic rings. The Labute approximate surface area is 127 Å². The zero-order chi connectivity index (χ0) is 15.0. The van der Waals surface area contributed by atoms with E-state index in [1.54, 1.807) is 55.5 Å². The number of hydrogen-bond donors (Lipinski definition) is 0. The number of sulfone groups is 1. The van der Waals surface area contributed by atoms with E-state index in [1.807, 2.05) is 0 Å². The van der Waals surface area contributed by atoms with Gasteiger partial charge in [0.15, 0.2) is 5.03 Å². The summed E-state index contributed by atoms with van der Waals surface area (Å²) in [6.07, 6.45) is 0. The zero-order valence-corrected chi connectivity index (χ0v) is 12.7. The normalized spacial score (nSPS) is 11.7. The first-order chi connectivity index (χ1) is 9.98. The molecular weight excluding hydrogens is 308 g/mol. The van der Waals surface area contributed by atoms with Gasteiger partial charge in [0.2, 0.25) is 9.84 Å². The fourth-order valence-electron chi connectivity index (χ4n) is 2.07. The van der Waals surface area contributed by atoms with Crippen molar-refractivity contribution in [1.29, 1.82) is 0 Å². The first-order valence-corrected chi connectivity index (χ1v) is 8.08. The van der Waals surface area contributed by atoms with Crippen molar-refractivity contribution in [3.63, 3.8) is 0 Å². The highest BCUT2D eigenvalue weighted by Crippen LogP contribution is 2.24. The third-order valence-electron chi connectivity index (χ3n) is 3.07. The lowest BCUT2D eigenvalue weighted by atomic mass is 10.3. The number of halogens is 1. The molecule has 3 rings (SSSR count). The van der Waals surface area contributed by atoms with Gasteiger partial charge in [-0.05, 0) is 37.3 Å². The van der Waals surface area contributed by atoms with Gasteiger partial charge < -0.3 is 0 Å². The molecule has 3 aromatic rings. The summed E-state index contributed by atoms with van der Waals surface area (Å²) < 4.78 is 25.3. The molecule has 0 N–H and O–H groups in total. The van der Waals surface area contributed by atoms with Crippen LogP contribution in [-0.2, 0) is 9.84 Å². The monoisotopic (exact) mass is 318 g/mol. The molecule has 1 heterocycles. The van der Waals surface area contributed by atoms with E-state index in [-0.39, 0.29) is 9.92 Å². The summed E-state index contributed by atoms with van der Waals surface area (Å²) in [5.41, 5.74) is 1.43. The topological polar surface area (TPSA) is 59.9 Å². The van der Waals surface area contributed by atoms with Crippen LogP contribution in [0.5, 0.6) is 0 Å². The quantitative estimate of drug-likeness (QED) is 0.726. The molecule has 0 saturated heterocycles. The van der Waals surface area contributed by atoms with Crippen LogP contribution in [0.25, 0.3) is 11.0 Å². The lowest BCUT2D eigenvalue weighted by Crippen LogP contribution is -2.08. The summed E-state index contributed by atoms with van der Waals surface area (Å²) in [5.74, 6) is 0. The Morgan fingerprint density at radius 1 is 0.952 bits per heavy atom. The van der Waals surface area contributed by atoms with Crippen molar-refractivity contribution in [2.45, 2.75) is 16.8 Å². The summed E-state index contributed by atoms with van der Waals surface area (Å²) in [7, 11) is -3.68. The first-order valence-electron chi connectivity index (χ1n) is 6.22. The second-order valence-electron chi connectivity index (χ2n) is 4.56. The van der Waals surface area contributed by atoms with Crippen LogP contribution >= 0.6 is 11.6 Å². The lowest BCUT2D eigenvalue weighted by Gasteiger charge is -2.08. The van der Waals surface area contributed by atoms with Gasteiger partial charge in [0.05, 0.1) is 21.6 Å². The fraction of sp³-hybridized carbons (Fsp3) is 0.0667. The van der Waals surface area contributed by atoms with Crippen LogP contribution in [-0.4, -0.2) is 18.4 Å². The molecule has 0 aliphatic heterocycles. The molecule has 0 aliphatic carbocycles.